The molecule has 0 radical (unpaired) electrons. The standard InChI is InChI=1S/C28H23F8N3O2/c1-2-3-4-5-6-11-26(18-7-9-20(29)10-8-18,39-24(40)38-25(12-13-25)27(33,34)17-37)19-14-21(30)16-22(15-19)41-28(35,36)23(31)32/h2-10,14-16,23H,1,11-13H2,(H2,38,39,40)/b4-3-,6-5+/t26-/m1/s1. The van der Waals surface area contributed by atoms with Crippen LogP contribution in [0.15, 0.2) is 79.4 Å². The lowest BCUT2D eigenvalue weighted by atomic mass is 9.79. The highest BCUT2D eigenvalue weighted by molar-refractivity contribution is 5.78. The number of nitrogens with zero attached hydrogens (tertiary/aromatic N) is 1. The number of nitriles is 1. The molecule has 2 N–H and O–H groups in total. The Morgan fingerprint density at radius 3 is 2.24 bits per heavy atom. The van der Waals surface area contributed by atoms with Crippen molar-refractivity contribution in [3.05, 3.63) is 102 Å². The number of amides is 2. The summed E-state index contributed by atoms with van der Waals surface area (Å²) in [6.07, 6.45) is -2.70. The van der Waals surface area contributed by atoms with Gasteiger partial charge in [0.15, 0.2) is 0 Å². The highest BCUT2D eigenvalue weighted by atomic mass is 19.3. The summed E-state index contributed by atoms with van der Waals surface area (Å²) in [6.45, 7) is 3.50. The van der Waals surface area contributed by atoms with Crippen LogP contribution in [0, 0.1) is 23.0 Å². The highest BCUT2D eigenvalue weighted by Crippen LogP contribution is 2.48. The molecule has 1 aliphatic carbocycles. The van der Waals surface area contributed by atoms with E-state index in [2.05, 4.69) is 21.9 Å². The number of hydrogen-bond acceptors (Lipinski definition) is 3. The highest BCUT2D eigenvalue weighted by Gasteiger charge is 2.64. The summed E-state index contributed by atoms with van der Waals surface area (Å²) in [5, 5.41) is 13.4. The summed E-state index contributed by atoms with van der Waals surface area (Å²) in [4.78, 5) is 13.2. The van der Waals surface area contributed by atoms with Gasteiger partial charge in [-0.3, -0.25) is 0 Å². The van der Waals surface area contributed by atoms with Gasteiger partial charge in [-0.1, -0.05) is 49.1 Å². The van der Waals surface area contributed by atoms with Gasteiger partial charge in [0.25, 0.3) is 0 Å². The molecule has 13 heteroatoms. The van der Waals surface area contributed by atoms with Crippen LogP contribution in [0.3, 0.4) is 0 Å². The summed E-state index contributed by atoms with van der Waals surface area (Å²) < 4.78 is 114. The van der Waals surface area contributed by atoms with E-state index in [4.69, 9.17) is 5.26 Å². The molecule has 0 spiro atoms. The predicted octanol–water partition coefficient (Wildman–Crippen LogP) is 7.12. The molecule has 3 rings (SSSR count). The molecule has 2 amide bonds. The van der Waals surface area contributed by atoms with Crippen molar-refractivity contribution in [1.29, 1.82) is 5.26 Å². The topological polar surface area (TPSA) is 74.2 Å². The van der Waals surface area contributed by atoms with Crippen molar-refractivity contribution in [2.45, 2.75) is 48.8 Å². The van der Waals surface area contributed by atoms with Crippen LogP contribution in [0.4, 0.5) is 39.9 Å². The molecular formula is C28H23F8N3O2. The van der Waals surface area contributed by atoms with Crippen LogP contribution in [0.1, 0.15) is 30.4 Å². The third kappa shape index (κ3) is 7.06. The molecule has 41 heavy (non-hydrogen) atoms. The molecule has 0 bridgehead atoms. The second-order valence-electron chi connectivity index (χ2n) is 9.15. The van der Waals surface area contributed by atoms with E-state index in [9.17, 15) is 39.9 Å². The van der Waals surface area contributed by atoms with Crippen LogP contribution in [-0.2, 0) is 5.54 Å². The van der Waals surface area contributed by atoms with Crippen LogP contribution < -0.4 is 15.4 Å². The van der Waals surface area contributed by atoms with Gasteiger partial charge in [0.2, 0.25) is 0 Å². The Morgan fingerprint density at radius 1 is 1.02 bits per heavy atom. The number of halogens is 8. The molecule has 0 aliphatic heterocycles. The molecule has 5 nitrogen and oxygen atoms in total. The van der Waals surface area contributed by atoms with E-state index in [-0.39, 0.29) is 30.4 Å². The molecule has 0 saturated heterocycles. The predicted molar refractivity (Wildman–Crippen MR) is 132 cm³/mol. The second kappa shape index (κ2) is 12.0. The fourth-order valence-corrected chi connectivity index (χ4v) is 4.06. The van der Waals surface area contributed by atoms with Crippen molar-refractivity contribution in [3.63, 3.8) is 0 Å². The Balaban J connectivity index is 2.18. The van der Waals surface area contributed by atoms with Crippen LogP contribution in [0.25, 0.3) is 0 Å². The van der Waals surface area contributed by atoms with Crippen LogP contribution in [0.2, 0.25) is 0 Å². The van der Waals surface area contributed by atoms with Crippen molar-refractivity contribution in [2.75, 3.05) is 0 Å². The minimum atomic E-state index is -5.01. The number of rotatable bonds is 12. The van der Waals surface area contributed by atoms with E-state index in [1.807, 2.05) is 0 Å². The summed E-state index contributed by atoms with van der Waals surface area (Å²) in [5.41, 5.74) is -4.50. The lowest BCUT2D eigenvalue weighted by molar-refractivity contribution is -0.253. The smallest absolute Gasteiger partial charge is 0.428 e. The second-order valence-corrected chi connectivity index (χ2v) is 9.15. The Bertz CT molecular complexity index is 1370. The monoisotopic (exact) mass is 585 g/mol. The number of carbonyl (C=O) groups is 1. The van der Waals surface area contributed by atoms with Gasteiger partial charge in [0.1, 0.15) is 29.0 Å². The summed E-state index contributed by atoms with van der Waals surface area (Å²) in [5.74, 6) is -6.94. The van der Waals surface area contributed by atoms with Crippen molar-refractivity contribution >= 4 is 6.03 Å². The zero-order valence-electron chi connectivity index (χ0n) is 21.1. The maximum Gasteiger partial charge on any atom is 0.461 e. The van der Waals surface area contributed by atoms with E-state index >= 15 is 0 Å². The quantitative estimate of drug-likeness (QED) is 0.206. The molecule has 218 valence electrons. The molecule has 0 unspecified atom stereocenters. The summed E-state index contributed by atoms with van der Waals surface area (Å²) >= 11 is 0. The Labute approximate surface area is 229 Å². The number of benzene rings is 2. The number of ether oxygens (including phenoxy) is 1. The lowest BCUT2D eigenvalue weighted by Crippen LogP contribution is -2.57. The molecule has 1 saturated carbocycles. The minimum absolute atomic E-state index is 0.0282. The van der Waals surface area contributed by atoms with E-state index < -0.39 is 52.9 Å². The maximum absolute atomic E-state index is 14.7. The van der Waals surface area contributed by atoms with Gasteiger partial charge in [0, 0.05) is 6.07 Å². The fourth-order valence-electron chi connectivity index (χ4n) is 4.06. The van der Waals surface area contributed by atoms with Crippen molar-refractivity contribution in [1.82, 2.24) is 10.6 Å². The summed E-state index contributed by atoms with van der Waals surface area (Å²) in [6, 6.07) is 5.79. The maximum atomic E-state index is 14.7. The van der Waals surface area contributed by atoms with Crippen LogP contribution in [0.5, 0.6) is 5.75 Å². The number of hydrogen-bond donors (Lipinski definition) is 2. The number of nitrogens with one attached hydrogen (secondary N) is 2. The van der Waals surface area contributed by atoms with Crippen LogP contribution >= 0.6 is 0 Å². The van der Waals surface area contributed by atoms with Gasteiger partial charge in [-0.15, -0.1) is 0 Å². The molecule has 2 aromatic rings. The molecule has 1 fully saturated rings. The van der Waals surface area contributed by atoms with Crippen molar-refractivity contribution < 1.29 is 44.7 Å². The van der Waals surface area contributed by atoms with E-state index in [0.717, 1.165) is 30.3 Å². The minimum Gasteiger partial charge on any atom is -0.428 e. The molecular weight excluding hydrogens is 562 g/mol. The van der Waals surface area contributed by atoms with Gasteiger partial charge in [-0.25, -0.2) is 13.6 Å². The number of urea groups is 1. The zero-order valence-corrected chi connectivity index (χ0v) is 21.1. The van der Waals surface area contributed by atoms with Crippen molar-refractivity contribution in [2.24, 2.45) is 0 Å². The van der Waals surface area contributed by atoms with Crippen LogP contribution in [-0.4, -0.2) is 30.0 Å². The average Bonchev–Trinajstić information content (AvgIpc) is 3.68. The van der Waals surface area contributed by atoms with Crippen molar-refractivity contribution in [3.8, 4) is 11.8 Å². The van der Waals surface area contributed by atoms with Gasteiger partial charge in [-0.2, -0.15) is 31.6 Å². The molecule has 1 aliphatic rings. The summed E-state index contributed by atoms with van der Waals surface area (Å²) in [7, 11) is 0. The first-order valence-corrected chi connectivity index (χ1v) is 12.0. The molecule has 0 aromatic heterocycles. The van der Waals surface area contributed by atoms with Gasteiger partial charge >= 0.3 is 24.5 Å². The average molecular weight is 585 g/mol. The van der Waals surface area contributed by atoms with E-state index in [0.29, 0.717) is 6.07 Å². The number of allylic oxidation sites excluding steroid dienone is 4. The molecule has 2 aromatic carbocycles. The molecule has 1 atom stereocenters. The first-order valence-electron chi connectivity index (χ1n) is 12.0. The van der Waals surface area contributed by atoms with E-state index in [1.165, 1.54) is 42.5 Å². The SMILES string of the molecule is C=C/C=C\C=C\C[C@@](NC(=O)NC1(C(F)(F)C#N)CC1)(c1ccc(F)cc1)c1cc(F)cc(OC(F)(F)C(F)F)c1. The largest absolute Gasteiger partial charge is 0.461 e. The Hall–Kier alpha value is -4.34. The first-order chi connectivity index (χ1) is 19.2. The Kier molecular flexibility index (Phi) is 9.16. The normalized spacial score (nSPS) is 16.3. The fraction of sp³-hybridized carbons (Fsp3) is 0.286. The van der Waals surface area contributed by atoms with E-state index in [1.54, 1.807) is 0 Å². The third-order valence-corrected chi connectivity index (χ3v) is 6.30. The Morgan fingerprint density at radius 2 is 1.68 bits per heavy atom. The molecule has 0 heterocycles. The number of alkyl halides is 6. The lowest BCUT2D eigenvalue weighted by Gasteiger charge is -2.36. The zero-order chi connectivity index (χ0) is 30.5. The van der Waals surface area contributed by atoms with Gasteiger partial charge < -0.3 is 15.4 Å². The number of carbonyl (C=O) groups excluding carboxylic acids is 1. The third-order valence-electron chi connectivity index (χ3n) is 6.30. The first kappa shape index (κ1) is 31.2. The van der Waals surface area contributed by atoms with Gasteiger partial charge in [-0.05, 0) is 54.7 Å². The van der Waals surface area contributed by atoms with Gasteiger partial charge in [0.05, 0.1) is 5.54 Å².